The zero-order valence-corrected chi connectivity index (χ0v) is 39.3. The number of amides is 2. The molecule has 0 aromatic carbocycles. The molecular formula is C36H56N7O19P3S. The van der Waals surface area contributed by atoms with Crippen molar-refractivity contribution in [2.75, 3.05) is 37.8 Å². The molecular weight excluding hydrogens is 959 g/mol. The van der Waals surface area contributed by atoms with E-state index in [0.29, 0.717) is 18.6 Å². The second-order valence-electron chi connectivity index (χ2n) is 15.0. The van der Waals surface area contributed by atoms with Gasteiger partial charge < -0.3 is 56.0 Å². The van der Waals surface area contributed by atoms with E-state index in [1.165, 1.54) is 19.9 Å². The molecule has 1 aliphatic heterocycles. The van der Waals surface area contributed by atoms with E-state index in [2.05, 4.69) is 34.4 Å². The number of hydrogen-bond donors (Lipinski definition) is 10. The van der Waals surface area contributed by atoms with Crippen molar-refractivity contribution in [3.8, 4) is 0 Å². The zero-order chi connectivity index (χ0) is 49.1. The highest BCUT2D eigenvalue weighted by molar-refractivity contribution is 8.14. The summed E-state index contributed by atoms with van der Waals surface area (Å²) in [6.07, 6.45) is 8.96. The number of aliphatic hydroxyl groups is 2. The first-order valence-corrected chi connectivity index (χ1v) is 25.7. The minimum absolute atomic E-state index is 0.0239. The number of fused-ring (bicyclic) bond motifs is 1. The normalized spacial score (nSPS) is 20.5. The highest BCUT2D eigenvalue weighted by Crippen LogP contribution is 2.61. The average molecular weight is 1020 g/mol. The van der Waals surface area contributed by atoms with E-state index in [1.807, 2.05) is 24.3 Å². The molecule has 1 aliphatic rings. The number of imidazole rings is 1. The van der Waals surface area contributed by atoms with Crippen LogP contribution in [0.1, 0.15) is 71.4 Å². The van der Waals surface area contributed by atoms with Crippen molar-refractivity contribution in [2.24, 2.45) is 5.41 Å². The van der Waals surface area contributed by atoms with Gasteiger partial charge in [0.15, 0.2) is 17.7 Å². The molecule has 26 nitrogen and oxygen atoms in total. The van der Waals surface area contributed by atoms with Crippen LogP contribution in [0.2, 0.25) is 0 Å². The Morgan fingerprint density at radius 3 is 2.21 bits per heavy atom. The van der Waals surface area contributed by atoms with Crippen molar-refractivity contribution in [2.45, 2.75) is 95.9 Å². The van der Waals surface area contributed by atoms with Gasteiger partial charge >= 0.3 is 29.4 Å². The molecule has 1 saturated heterocycles. The molecule has 0 spiro atoms. The predicted octanol–water partition coefficient (Wildman–Crippen LogP) is 2.15. The number of aromatic nitrogens is 4. The van der Waals surface area contributed by atoms with E-state index in [1.54, 1.807) is 6.08 Å². The van der Waals surface area contributed by atoms with Crippen molar-refractivity contribution >= 4 is 75.1 Å². The third kappa shape index (κ3) is 20.2. The summed E-state index contributed by atoms with van der Waals surface area (Å²) in [5.74, 6) is -2.01. The molecule has 2 aromatic rings. The van der Waals surface area contributed by atoms with Gasteiger partial charge in [0.1, 0.15) is 36.3 Å². The first-order valence-electron chi connectivity index (χ1n) is 20.2. The number of allylic oxidation sites excluding steroid dienone is 5. The molecule has 0 bridgehead atoms. The predicted molar refractivity (Wildman–Crippen MR) is 234 cm³/mol. The summed E-state index contributed by atoms with van der Waals surface area (Å²) in [5.41, 5.74) is 4.24. The topological polar surface area (TPSA) is 401 Å². The number of aliphatic hydroxyl groups excluding tert-OH is 2. The molecule has 1 fully saturated rings. The van der Waals surface area contributed by atoms with Gasteiger partial charge in [-0.05, 0) is 44.6 Å². The van der Waals surface area contributed by atoms with E-state index >= 15 is 0 Å². The van der Waals surface area contributed by atoms with Gasteiger partial charge in [0.2, 0.25) is 16.9 Å². The SMILES string of the molecule is CC(C)(COP(=O)(O)OP(=O)(O)OCC1OC(n2cnc3c(N)ncnc32)C(O)C1OP(=O)(O)O)C(O)C(=O)NCCC(=O)NCCSC(=O)/C=C/CC/C=C/CC/C=C/CCCC(=O)O. The first-order chi connectivity index (χ1) is 30.9. The fourth-order valence-corrected chi connectivity index (χ4v) is 9.16. The summed E-state index contributed by atoms with van der Waals surface area (Å²) in [4.78, 5) is 98.5. The molecule has 0 radical (unpaired) electrons. The number of nitrogen functional groups attached to an aromatic ring is 1. The first kappa shape index (κ1) is 56.6. The Hall–Kier alpha value is -3.75. The number of carboxylic acids is 1. The Kier molecular flexibility index (Phi) is 22.9. The summed E-state index contributed by atoms with van der Waals surface area (Å²) >= 11 is 1.01. The van der Waals surface area contributed by atoms with Gasteiger partial charge in [-0.25, -0.2) is 28.6 Å². The number of carbonyl (C=O) groups excluding carboxylic acids is 3. The lowest BCUT2D eigenvalue weighted by molar-refractivity contribution is -0.137. The molecule has 2 amide bonds. The number of phosphoric ester groups is 3. The molecule has 2 aromatic heterocycles. The van der Waals surface area contributed by atoms with Crippen molar-refractivity contribution in [1.29, 1.82) is 0 Å². The number of anilines is 1. The van der Waals surface area contributed by atoms with Crippen LogP contribution < -0.4 is 16.4 Å². The van der Waals surface area contributed by atoms with Gasteiger partial charge in [-0.2, -0.15) is 4.31 Å². The Morgan fingerprint density at radius 2 is 1.56 bits per heavy atom. The highest BCUT2D eigenvalue weighted by Gasteiger charge is 2.50. The molecule has 0 aliphatic carbocycles. The number of nitrogens with zero attached hydrogens (tertiary/aromatic N) is 4. The molecule has 370 valence electrons. The Bertz CT molecular complexity index is 2190. The number of hydrogen-bond acceptors (Lipinski definition) is 19. The van der Waals surface area contributed by atoms with Crippen LogP contribution in [0.25, 0.3) is 11.2 Å². The van der Waals surface area contributed by atoms with Crippen LogP contribution in [0.5, 0.6) is 0 Å². The minimum Gasteiger partial charge on any atom is -0.481 e. The molecule has 7 atom stereocenters. The van der Waals surface area contributed by atoms with Gasteiger partial charge in [0, 0.05) is 37.1 Å². The van der Waals surface area contributed by atoms with E-state index in [-0.39, 0.29) is 48.0 Å². The van der Waals surface area contributed by atoms with Crippen LogP contribution in [-0.4, -0.2) is 134 Å². The van der Waals surface area contributed by atoms with E-state index in [0.717, 1.165) is 54.7 Å². The van der Waals surface area contributed by atoms with Crippen LogP contribution in [0.3, 0.4) is 0 Å². The number of carbonyl (C=O) groups is 4. The highest BCUT2D eigenvalue weighted by atomic mass is 32.2. The van der Waals surface area contributed by atoms with Crippen molar-refractivity contribution < 1.29 is 90.4 Å². The summed E-state index contributed by atoms with van der Waals surface area (Å²) in [6.45, 7) is 0.388. The van der Waals surface area contributed by atoms with Crippen molar-refractivity contribution in [3.63, 3.8) is 0 Å². The molecule has 3 rings (SSSR count). The van der Waals surface area contributed by atoms with Gasteiger partial charge in [-0.1, -0.05) is 56.0 Å². The lowest BCUT2D eigenvalue weighted by atomic mass is 9.87. The van der Waals surface area contributed by atoms with Crippen molar-refractivity contribution in [3.05, 3.63) is 49.1 Å². The molecule has 3 heterocycles. The second kappa shape index (κ2) is 26.7. The fraction of sp³-hybridized carbons (Fsp3) is 0.583. The van der Waals surface area contributed by atoms with Crippen LogP contribution >= 0.6 is 35.2 Å². The van der Waals surface area contributed by atoms with Gasteiger partial charge in [0.25, 0.3) is 0 Å². The lowest BCUT2D eigenvalue weighted by Crippen LogP contribution is -2.46. The quantitative estimate of drug-likeness (QED) is 0.0232. The third-order valence-electron chi connectivity index (χ3n) is 9.09. The zero-order valence-electron chi connectivity index (χ0n) is 35.8. The number of phosphoric acid groups is 3. The maximum absolute atomic E-state index is 12.7. The third-order valence-corrected chi connectivity index (χ3v) is 13.0. The average Bonchev–Trinajstić information content (AvgIpc) is 3.79. The minimum atomic E-state index is -5.59. The number of ether oxygens (including phenoxy) is 1. The summed E-state index contributed by atoms with van der Waals surface area (Å²) in [6, 6.07) is 0. The van der Waals surface area contributed by atoms with Crippen molar-refractivity contribution in [1.82, 2.24) is 30.2 Å². The molecule has 30 heteroatoms. The molecule has 66 heavy (non-hydrogen) atoms. The smallest absolute Gasteiger partial charge is 0.481 e. The van der Waals surface area contributed by atoms with Crippen LogP contribution in [0.15, 0.2) is 49.1 Å². The number of nitrogens with two attached hydrogens (primary N) is 1. The second-order valence-corrected chi connectivity index (χ2v) is 20.4. The van der Waals surface area contributed by atoms with Crippen LogP contribution in [0, 0.1) is 5.41 Å². The summed E-state index contributed by atoms with van der Waals surface area (Å²) < 4.78 is 62.3. The number of carboxylic acid groups (broad SMARTS) is 1. The number of aliphatic carboxylic acids is 1. The maximum atomic E-state index is 12.7. The number of thioether (sulfide) groups is 1. The standard InChI is InChI=1S/C36H56N7O19P3S/c1-36(2,31(49)34(50)39-17-16-25(44)38-18-19-66-27(47)15-13-11-9-7-5-3-4-6-8-10-12-14-26(45)46)21-59-65(56,57)62-64(54,55)58-20-24-30(61-63(51,52)53)29(48)35(60-24)43-23-42-28-32(37)40-22-41-33(28)43/h5-8,13,15,22-24,29-31,35,48-49H,3-4,9-12,14,16-21H2,1-2H3,(H,38,44)(H,39,50)(H,45,46)(H,54,55)(H,56,57)(H2,37,40,41)(H2,51,52,53)/b7-5+,8-6+,15-13+. The van der Waals surface area contributed by atoms with E-state index in [4.69, 9.17) is 24.6 Å². The molecule has 0 saturated carbocycles. The lowest BCUT2D eigenvalue weighted by Gasteiger charge is -2.30. The fourth-order valence-electron chi connectivity index (χ4n) is 5.74. The maximum Gasteiger partial charge on any atom is 0.481 e. The largest absolute Gasteiger partial charge is 0.481 e. The number of nitrogens with one attached hydrogen (secondary N) is 2. The monoisotopic (exact) mass is 1020 g/mol. The van der Waals surface area contributed by atoms with E-state index in [9.17, 15) is 62.7 Å². The summed E-state index contributed by atoms with van der Waals surface area (Å²) in [7, 11) is -16.4. The van der Waals surface area contributed by atoms with Gasteiger partial charge in [-0.15, -0.1) is 0 Å². The summed E-state index contributed by atoms with van der Waals surface area (Å²) in [5, 5.41) is 34.9. The van der Waals surface area contributed by atoms with Gasteiger partial charge in [-0.3, -0.25) is 37.3 Å². The number of unbranched alkanes of at least 4 members (excludes halogenated alkanes) is 3. The molecule has 7 unspecified atom stereocenters. The van der Waals surface area contributed by atoms with Crippen LogP contribution in [-0.2, 0) is 55.5 Å². The molecule has 11 N–H and O–H groups in total. The van der Waals surface area contributed by atoms with E-state index < -0.39 is 90.5 Å². The Balaban J connectivity index is 1.35. The van der Waals surface area contributed by atoms with Gasteiger partial charge in [0.05, 0.1) is 19.5 Å². The Morgan fingerprint density at radius 1 is 0.924 bits per heavy atom. The van der Waals surface area contributed by atoms with Crippen LogP contribution in [0.4, 0.5) is 5.82 Å². The number of rotatable bonds is 30. The Labute approximate surface area is 382 Å².